The molecule has 0 aliphatic carbocycles. The maximum absolute atomic E-state index is 10.6. The maximum atomic E-state index is 10.6. The predicted octanol–water partition coefficient (Wildman–Crippen LogP) is 1.60. The van der Waals surface area contributed by atoms with Gasteiger partial charge in [0.25, 0.3) is 0 Å². The van der Waals surface area contributed by atoms with Gasteiger partial charge in [0.2, 0.25) is 0 Å². The van der Waals surface area contributed by atoms with E-state index < -0.39 is 13.8 Å². The van der Waals surface area contributed by atoms with E-state index in [4.69, 9.17) is 22.0 Å². The Morgan fingerprint density at radius 3 is 2.43 bits per heavy atom. The number of hydrogen-bond donors (Lipinski definition) is 3. The highest BCUT2D eigenvalue weighted by molar-refractivity contribution is 7.81. The minimum Gasteiger partial charge on any atom is -0.349 e. The van der Waals surface area contributed by atoms with Gasteiger partial charge < -0.3 is 15.1 Å². The first-order chi connectivity index (χ1) is 6.47. The van der Waals surface area contributed by atoms with Crippen molar-refractivity contribution in [3.63, 3.8) is 0 Å². The largest absolute Gasteiger partial charge is 0.349 e. The van der Waals surface area contributed by atoms with E-state index in [0.717, 1.165) is 5.69 Å². The highest BCUT2D eigenvalue weighted by Crippen LogP contribution is 2.34. The summed E-state index contributed by atoms with van der Waals surface area (Å²) in [4.78, 5) is 17.4. The van der Waals surface area contributed by atoms with Gasteiger partial charge in [0, 0.05) is 5.69 Å². The molecule has 0 radical (unpaired) electrons. The number of hydrogen-bond acceptors (Lipinski definition) is 2. The summed E-state index contributed by atoms with van der Waals surface area (Å²) in [6.07, 6.45) is -0.419. The molecule has 14 heavy (non-hydrogen) atoms. The molecule has 0 fully saturated rings. The molecule has 0 atom stereocenters. The number of rotatable bonds is 3. The lowest BCUT2D eigenvalue weighted by Gasteiger charge is -2.08. The smallest absolute Gasteiger partial charge is 0.332 e. The van der Waals surface area contributed by atoms with Gasteiger partial charge in [0.1, 0.15) is 6.16 Å². The van der Waals surface area contributed by atoms with E-state index in [1.807, 2.05) is 18.2 Å². The topological polar surface area (TPSA) is 69.6 Å². The Morgan fingerprint density at radius 2 is 1.93 bits per heavy atom. The molecule has 0 aliphatic heterocycles. The van der Waals surface area contributed by atoms with Gasteiger partial charge in [-0.15, -0.1) is 0 Å². The molecule has 0 saturated heterocycles. The third-order valence-electron chi connectivity index (χ3n) is 1.41. The molecule has 76 valence electrons. The summed E-state index contributed by atoms with van der Waals surface area (Å²) >= 11 is 4.78. The summed E-state index contributed by atoms with van der Waals surface area (Å²) in [6, 6.07) is 9.00. The zero-order valence-corrected chi connectivity index (χ0v) is 8.96. The molecule has 0 aromatic heterocycles. The van der Waals surface area contributed by atoms with Gasteiger partial charge in [-0.2, -0.15) is 0 Å². The standard InChI is InChI=1S/C8H10NO3PS/c10-13(11,12)6-8(14)9-7-4-2-1-3-5-7/h1-5H,6H2,(H,9,14)(H2,10,11,12). The van der Waals surface area contributed by atoms with Gasteiger partial charge in [-0.05, 0) is 12.1 Å². The fourth-order valence-corrected chi connectivity index (χ4v) is 1.98. The minimum atomic E-state index is -4.06. The Hall–Kier alpha value is -0.740. The molecule has 1 aromatic carbocycles. The Kier molecular flexibility index (Phi) is 3.77. The molecule has 1 aromatic rings. The average molecular weight is 231 g/mol. The molecule has 0 heterocycles. The fraction of sp³-hybridized carbons (Fsp3) is 0.125. The maximum Gasteiger partial charge on any atom is 0.332 e. The van der Waals surface area contributed by atoms with Gasteiger partial charge in [-0.1, -0.05) is 30.4 Å². The van der Waals surface area contributed by atoms with E-state index in [2.05, 4.69) is 5.32 Å². The van der Waals surface area contributed by atoms with E-state index in [-0.39, 0.29) is 4.99 Å². The van der Waals surface area contributed by atoms with Crippen molar-refractivity contribution in [2.24, 2.45) is 0 Å². The molecule has 0 amide bonds. The molecular weight excluding hydrogens is 221 g/mol. The van der Waals surface area contributed by atoms with E-state index >= 15 is 0 Å². The zero-order valence-electron chi connectivity index (χ0n) is 7.25. The molecule has 0 unspecified atom stereocenters. The number of para-hydroxylation sites is 1. The number of benzene rings is 1. The molecule has 0 saturated carbocycles. The number of nitrogens with one attached hydrogen (secondary N) is 1. The van der Waals surface area contributed by atoms with Crippen LogP contribution in [0.5, 0.6) is 0 Å². The second-order valence-corrected chi connectivity index (χ2v) is 4.88. The van der Waals surface area contributed by atoms with Crippen LogP contribution in [0.15, 0.2) is 30.3 Å². The summed E-state index contributed by atoms with van der Waals surface area (Å²) in [6.45, 7) is 0. The lowest BCUT2D eigenvalue weighted by molar-refractivity contribution is 0.378. The van der Waals surface area contributed by atoms with Gasteiger partial charge in [-0.25, -0.2) is 0 Å². The van der Waals surface area contributed by atoms with Crippen molar-refractivity contribution >= 4 is 30.5 Å². The van der Waals surface area contributed by atoms with Crippen LogP contribution in [-0.2, 0) is 4.57 Å². The summed E-state index contributed by atoms with van der Waals surface area (Å²) in [5.41, 5.74) is 0.728. The first kappa shape index (κ1) is 11.3. The summed E-state index contributed by atoms with van der Waals surface area (Å²) < 4.78 is 10.6. The Labute approximate surface area is 87.1 Å². The quantitative estimate of drug-likeness (QED) is 0.544. The molecular formula is C8H10NO3PS. The van der Waals surface area contributed by atoms with Crippen LogP contribution in [0.25, 0.3) is 0 Å². The van der Waals surface area contributed by atoms with Gasteiger partial charge in [0.15, 0.2) is 0 Å². The second-order valence-electron chi connectivity index (χ2n) is 2.74. The van der Waals surface area contributed by atoms with Crippen LogP contribution in [0.3, 0.4) is 0 Å². The fourth-order valence-electron chi connectivity index (χ4n) is 0.909. The molecule has 0 aliphatic rings. The number of anilines is 1. The third kappa shape index (κ3) is 4.48. The third-order valence-corrected chi connectivity index (χ3v) is 2.60. The molecule has 3 N–H and O–H groups in total. The van der Waals surface area contributed by atoms with Crippen LogP contribution < -0.4 is 5.32 Å². The van der Waals surface area contributed by atoms with Crippen molar-refractivity contribution < 1.29 is 14.4 Å². The van der Waals surface area contributed by atoms with Crippen molar-refractivity contribution in [2.45, 2.75) is 0 Å². The molecule has 1 rings (SSSR count). The Balaban J connectivity index is 2.55. The normalized spacial score (nSPS) is 11.0. The molecule has 4 nitrogen and oxygen atoms in total. The van der Waals surface area contributed by atoms with E-state index in [0.29, 0.717) is 0 Å². The van der Waals surface area contributed by atoms with Crippen LogP contribution in [0, 0.1) is 0 Å². The van der Waals surface area contributed by atoms with Crippen molar-refractivity contribution in [3.8, 4) is 0 Å². The number of thiocarbonyl (C=S) groups is 1. The minimum absolute atomic E-state index is 0.143. The highest BCUT2D eigenvalue weighted by Gasteiger charge is 2.15. The SMILES string of the molecule is O=P(O)(O)CC(=S)Nc1ccccc1. The molecule has 6 heteroatoms. The van der Waals surface area contributed by atoms with Crippen LogP contribution in [0.2, 0.25) is 0 Å². The zero-order chi connectivity index (χ0) is 10.6. The van der Waals surface area contributed by atoms with E-state index in [1.165, 1.54) is 0 Å². The Bertz CT molecular complexity index is 362. The van der Waals surface area contributed by atoms with Crippen LogP contribution in [0.1, 0.15) is 0 Å². The van der Waals surface area contributed by atoms with E-state index in [1.54, 1.807) is 12.1 Å². The van der Waals surface area contributed by atoms with Gasteiger partial charge >= 0.3 is 7.60 Å². The van der Waals surface area contributed by atoms with Crippen LogP contribution in [0.4, 0.5) is 5.69 Å². The van der Waals surface area contributed by atoms with Crippen LogP contribution in [-0.4, -0.2) is 20.9 Å². The van der Waals surface area contributed by atoms with Gasteiger partial charge in [0.05, 0.1) is 4.99 Å². The first-order valence-electron chi connectivity index (χ1n) is 3.87. The molecule has 0 spiro atoms. The first-order valence-corrected chi connectivity index (χ1v) is 6.07. The summed E-state index contributed by atoms with van der Waals surface area (Å²) in [5, 5.41) is 2.74. The average Bonchev–Trinajstić information content (AvgIpc) is 2.02. The van der Waals surface area contributed by atoms with Gasteiger partial charge in [-0.3, -0.25) is 4.57 Å². The van der Waals surface area contributed by atoms with Crippen molar-refractivity contribution in [1.82, 2.24) is 0 Å². The van der Waals surface area contributed by atoms with Crippen LogP contribution >= 0.6 is 19.8 Å². The van der Waals surface area contributed by atoms with Crippen molar-refractivity contribution in [2.75, 3.05) is 11.5 Å². The van der Waals surface area contributed by atoms with Crippen molar-refractivity contribution in [1.29, 1.82) is 0 Å². The predicted molar refractivity (Wildman–Crippen MR) is 59.6 cm³/mol. The monoisotopic (exact) mass is 231 g/mol. The molecule has 0 bridgehead atoms. The summed E-state index contributed by atoms with van der Waals surface area (Å²) in [7, 11) is -4.06. The second kappa shape index (κ2) is 4.66. The Morgan fingerprint density at radius 1 is 1.36 bits per heavy atom. The lowest BCUT2D eigenvalue weighted by Crippen LogP contribution is -2.13. The van der Waals surface area contributed by atoms with Crippen molar-refractivity contribution in [3.05, 3.63) is 30.3 Å². The highest BCUT2D eigenvalue weighted by atomic mass is 32.1. The lowest BCUT2D eigenvalue weighted by atomic mass is 10.3. The summed E-state index contributed by atoms with van der Waals surface area (Å²) in [5.74, 6) is 0. The van der Waals surface area contributed by atoms with E-state index in [9.17, 15) is 4.57 Å².